The first-order valence-corrected chi connectivity index (χ1v) is 7.58. The van der Waals surface area contributed by atoms with Gasteiger partial charge < -0.3 is 10.5 Å². The Bertz CT molecular complexity index is 227. The summed E-state index contributed by atoms with van der Waals surface area (Å²) in [7, 11) is 0. The van der Waals surface area contributed by atoms with Crippen LogP contribution in [0.15, 0.2) is 0 Å². The van der Waals surface area contributed by atoms with E-state index >= 15 is 0 Å². The second-order valence-electron chi connectivity index (χ2n) is 6.32. The van der Waals surface area contributed by atoms with Gasteiger partial charge >= 0.3 is 0 Å². The smallest absolute Gasteiger partial charge is 0.0660 e. The fraction of sp³-hybridized carbons (Fsp3) is 1.00. The molecular formula is C15H32N2O. The van der Waals surface area contributed by atoms with Crippen molar-refractivity contribution >= 4 is 0 Å². The van der Waals surface area contributed by atoms with Crippen LogP contribution >= 0.6 is 0 Å². The van der Waals surface area contributed by atoms with E-state index in [2.05, 4.69) is 32.6 Å². The zero-order valence-electron chi connectivity index (χ0n) is 12.7. The van der Waals surface area contributed by atoms with Crippen LogP contribution in [0.4, 0.5) is 0 Å². The summed E-state index contributed by atoms with van der Waals surface area (Å²) in [6.45, 7) is 12.2. The van der Waals surface area contributed by atoms with E-state index in [1.54, 1.807) is 0 Å². The lowest BCUT2D eigenvalue weighted by Crippen LogP contribution is -2.59. The Balaban J connectivity index is 2.76. The Morgan fingerprint density at radius 1 is 1.33 bits per heavy atom. The molecular weight excluding hydrogens is 224 g/mol. The maximum Gasteiger partial charge on any atom is 0.0660 e. The molecule has 0 amide bonds. The average Bonchev–Trinajstić information content (AvgIpc) is 2.86. The molecule has 0 bridgehead atoms. The lowest BCUT2D eigenvalue weighted by molar-refractivity contribution is -0.0186. The van der Waals surface area contributed by atoms with Crippen LogP contribution in [0, 0.1) is 5.92 Å². The van der Waals surface area contributed by atoms with Crippen LogP contribution in [-0.2, 0) is 4.74 Å². The monoisotopic (exact) mass is 256 g/mol. The van der Waals surface area contributed by atoms with Gasteiger partial charge in [-0.2, -0.15) is 0 Å². The van der Waals surface area contributed by atoms with E-state index in [1.165, 1.54) is 25.7 Å². The van der Waals surface area contributed by atoms with Crippen LogP contribution in [0.3, 0.4) is 0 Å². The lowest BCUT2D eigenvalue weighted by Gasteiger charge is -2.45. The van der Waals surface area contributed by atoms with Gasteiger partial charge in [-0.05, 0) is 32.6 Å². The predicted molar refractivity (Wildman–Crippen MR) is 77.8 cm³/mol. The molecule has 0 heterocycles. The predicted octanol–water partition coefficient (Wildman–Crippen LogP) is 2.64. The molecule has 2 N–H and O–H groups in total. The quantitative estimate of drug-likeness (QED) is 0.725. The molecule has 1 fully saturated rings. The highest BCUT2D eigenvalue weighted by Crippen LogP contribution is 2.30. The highest BCUT2D eigenvalue weighted by atomic mass is 16.5. The van der Waals surface area contributed by atoms with E-state index in [0.29, 0.717) is 18.5 Å². The van der Waals surface area contributed by atoms with Crippen molar-refractivity contribution in [1.29, 1.82) is 0 Å². The highest BCUT2D eigenvalue weighted by molar-refractivity contribution is 4.93. The number of hydrogen-bond donors (Lipinski definition) is 1. The van der Waals surface area contributed by atoms with Crippen molar-refractivity contribution in [3.8, 4) is 0 Å². The van der Waals surface area contributed by atoms with E-state index in [1.807, 2.05) is 0 Å². The summed E-state index contributed by atoms with van der Waals surface area (Å²) < 4.78 is 5.69. The van der Waals surface area contributed by atoms with Gasteiger partial charge in [-0.1, -0.05) is 26.7 Å². The summed E-state index contributed by atoms with van der Waals surface area (Å²) in [5, 5.41) is 0. The normalized spacial score (nSPS) is 20.8. The standard InChI is InChI=1S/C15H32N2O/c1-5-18-12-15(4,11-16)17(10-13(2)3)14-8-6-7-9-14/h13-14H,5-12,16H2,1-4H3. The molecule has 0 aromatic heterocycles. The van der Waals surface area contributed by atoms with Gasteiger partial charge in [-0.3, -0.25) is 4.90 Å². The second kappa shape index (κ2) is 7.46. The van der Waals surface area contributed by atoms with Crippen molar-refractivity contribution in [2.24, 2.45) is 11.7 Å². The van der Waals surface area contributed by atoms with E-state index in [0.717, 1.165) is 19.8 Å². The maximum absolute atomic E-state index is 6.07. The van der Waals surface area contributed by atoms with Gasteiger partial charge in [-0.25, -0.2) is 0 Å². The Morgan fingerprint density at radius 3 is 2.39 bits per heavy atom. The van der Waals surface area contributed by atoms with Crippen molar-refractivity contribution < 1.29 is 4.74 Å². The molecule has 0 radical (unpaired) electrons. The van der Waals surface area contributed by atoms with Gasteiger partial charge in [0.1, 0.15) is 0 Å². The number of nitrogens with two attached hydrogens (primary N) is 1. The zero-order chi connectivity index (χ0) is 13.6. The molecule has 1 aliphatic carbocycles. The van der Waals surface area contributed by atoms with Crippen LogP contribution in [-0.4, -0.2) is 42.8 Å². The Morgan fingerprint density at radius 2 is 1.94 bits per heavy atom. The highest BCUT2D eigenvalue weighted by Gasteiger charge is 2.37. The Hall–Kier alpha value is -0.120. The summed E-state index contributed by atoms with van der Waals surface area (Å²) in [5.74, 6) is 0.679. The molecule has 0 aromatic carbocycles. The topological polar surface area (TPSA) is 38.5 Å². The maximum atomic E-state index is 6.07. The molecule has 1 saturated carbocycles. The van der Waals surface area contributed by atoms with E-state index in [4.69, 9.17) is 10.5 Å². The molecule has 3 heteroatoms. The molecule has 0 spiro atoms. The average molecular weight is 256 g/mol. The SMILES string of the molecule is CCOCC(C)(CN)N(CC(C)C)C1CCCC1. The van der Waals surface area contributed by atoms with Crippen LogP contribution in [0.2, 0.25) is 0 Å². The van der Waals surface area contributed by atoms with Gasteiger partial charge in [0.05, 0.1) is 12.1 Å². The number of rotatable bonds is 8. The van der Waals surface area contributed by atoms with Crippen LogP contribution < -0.4 is 5.73 Å². The zero-order valence-corrected chi connectivity index (χ0v) is 12.7. The van der Waals surface area contributed by atoms with Gasteiger partial charge in [0.15, 0.2) is 0 Å². The molecule has 1 aliphatic rings. The fourth-order valence-electron chi connectivity index (χ4n) is 3.00. The molecule has 18 heavy (non-hydrogen) atoms. The van der Waals surface area contributed by atoms with Gasteiger partial charge in [-0.15, -0.1) is 0 Å². The van der Waals surface area contributed by atoms with Crippen molar-refractivity contribution in [1.82, 2.24) is 4.90 Å². The van der Waals surface area contributed by atoms with Crippen LogP contribution in [0.1, 0.15) is 53.4 Å². The molecule has 3 nitrogen and oxygen atoms in total. The summed E-state index contributed by atoms with van der Waals surface area (Å²) in [5.41, 5.74) is 6.07. The van der Waals surface area contributed by atoms with Crippen molar-refractivity contribution in [3.63, 3.8) is 0 Å². The molecule has 0 saturated heterocycles. The third-order valence-electron chi connectivity index (χ3n) is 4.08. The van der Waals surface area contributed by atoms with E-state index in [9.17, 15) is 0 Å². The fourth-order valence-corrected chi connectivity index (χ4v) is 3.00. The van der Waals surface area contributed by atoms with Gasteiger partial charge in [0.25, 0.3) is 0 Å². The molecule has 1 unspecified atom stereocenters. The first-order chi connectivity index (χ1) is 8.53. The first-order valence-electron chi connectivity index (χ1n) is 7.58. The second-order valence-corrected chi connectivity index (χ2v) is 6.32. The minimum atomic E-state index is -0.00468. The Kier molecular flexibility index (Phi) is 6.61. The van der Waals surface area contributed by atoms with E-state index < -0.39 is 0 Å². The number of ether oxygens (including phenoxy) is 1. The molecule has 1 atom stereocenters. The number of nitrogens with zero attached hydrogens (tertiary/aromatic N) is 1. The third kappa shape index (κ3) is 4.22. The summed E-state index contributed by atoms with van der Waals surface area (Å²) in [6, 6.07) is 0.710. The van der Waals surface area contributed by atoms with Crippen LogP contribution in [0.5, 0.6) is 0 Å². The summed E-state index contributed by atoms with van der Waals surface area (Å²) >= 11 is 0. The minimum absolute atomic E-state index is 0.00468. The number of hydrogen-bond acceptors (Lipinski definition) is 3. The summed E-state index contributed by atoms with van der Waals surface area (Å²) in [6.07, 6.45) is 5.39. The molecule has 0 aliphatic heterocycles. The van der Waals surface area contributed by atoms with Crippen molar-refractivity contribution in [2.75, 3.05) is 26.3 Å². The lowest BCUT2D eigenvalue weighted by atomic mass is 9.96. The minimum Gasteiger partial charge on any atom is -0.380 e. The molecule has 0 aromatic rings. The molecule has 1 rings (SSSR count). The van der Waals surface area contributed by atoms with Gasteiger partial charge in [0.2, 0.25) is 0 Å². The first kappa shape index (κ1) is 15.9. The van der Waals surface area contributed by atoms with Crippen molar-refractivity contribution in [3.05, 3.63) is 0 Å². The Labute approximate surface area is 113 Å². The molecule has 108 valence electrons. The third-order valence-corrected chi connectivity index (χ3v) is 4.08. The van der Waals surface area contributed by atoms with Gasteiger partial charge in [0, 0.05) is 25.7 Å². The van der Waals surface area contributed by atoms with Crippen LogP contribution in [0.25, 0.3) is 0 Å². The largest absolute Gasteiger partial charge is 0.380 e. The van der Waals surface area contributed by atoms with E-state index in [-0.39, 0.29) is 5.54 Å². The summed E-state index contributed by atoms with van der Waals surface area (Å²) in [4.78, 5) is 2.64. The van der Waals surface area contributed by atoms with Crippen molar-refractivity contribution in [2.45, 2.75) is 65.0 Å².